The highest BCUT2D eigenvalue weighted by Crippen LogP contribution is 2.35. The van der Waals surface area contributed by atoms with Gasteiger partial charge in [-0.3, -0.25) is 0 Å². The summed E-state index contributed by atoms with van der Waals surface area (Å²) < 4.78 is 10.8. The fraction of sp³-hybridized carbons (Fsp3) is 0.318. The Bertz CT molecular complexity index is 872. The molecule has 29 heavy (non-hydrogen) atoms. The first-order chi connectivity index (χ1) is 13.9. The fourth-order valence-electron chi connectivity index (χ4n) is 2.74. The van der Waals surface area contributed by atoms with Crippen molar-refractivity contribution in [3.63, 3.8) is 0 Å². The van der Waals surface area contributed by atoms with Crippen LogP contribution < -0.4 is 9.47 Å². The van der Waals surface area contributed by atoms with E-state index in [0.717, 1.165) is 0 Å². The molecule has 156 valence electrons. The quantitative estimate of drug-likeness (QED) is 0.303. The van der Waals surface area contributed by atoms with Gasteiger partial charge in [-0.1, -0.05) is 12.1 Å². The van der Waals surface area contributed by atoms with Crippen LogP contribution in [-0.4, -0.2) is 41.3 Å². The average Bonchev–Trinajstić information content (AvgIpc) is 2.74. The van der Waals surface area contributed by atoms with E-state index in [-0.39, 0.29) is 25.2 Å². The van der Waals surface area contributed by atoms with Gasteiger partial charge in [-0.2, -0.15) is 0 Å². The number of benzene rings is 2. The van der Waals surface area contributed by atoms with Crippen molar-refractivity contribution in [2.75, 3.05) is 20.8 Å². The maximum Gasteiger partial charge on any atom is 0.171 e. The summed E-state index contributed by atoms with van der Waals surface area (Å²) in [6.45, 7) is -0.245. The second kappa shape index (κ2) is 11.2. The number of phenols is 1. The van der Waals surface area contributed by atoms with Crippen molar-refractivity contribution in [2.45, 2.75) is 25.0 Å². The van der Waals surface area contributed by atoms with Crippen LogP contribution in [0, 0.1) is 3.57 Å². The zero-order valence-electron chi connectivity index (χ0n) is 16.3. The Morgan fingerprint density at radius 1 is 1.07 bits per heavy atom. The zero-order chi connectivity index (χ0) is 21.4. The lowest BCUT2D eigenvalue weighted by atomic mass is 10.0. The number of aliphatic hydroxyl groups is 3. The molecule has 0 aliphatic heterocycles. The standard InChI is InChI=1S/C22H25IO6/c1-28-17-8-6-15(7-9-17)20(26)10-14(13-24)4-3-5-19(25)16-11-18(23)22(27)21(12-16)29-2/h3,6-9,11-12,19-20,24-27H,5,10,13H2,1-2H3/t4?,19-,20-/m1/s1. The number of ether oxygens (including phenoxy) is 2. The highest BCUT2D eigenvalue weighted by molar-refractivity contribution is 14.1. The van der Waals surface area contributed by atoms with Crippen molar-refractivity contribution in [1.82, 2.24) is 0 Å². The Morgan fingerprint density at radius 3 is 2.34 bits per heavy atom. The molecule has 0 aliphatic carbocycles. The van der Waals surface area contributed by atoms with E-state index in [0.29, 0.717) is 31.8 Å². The highest BCUT2D eigenvalue weighted by Gasteiger charge is 2.14. The molecule has 0 unspecified atom stereocenters. The monoisotopic (exact) mass is 512 g/mol. The molecule has 0 aliphatic rings. The van der Waals surface area contributed by atoms with Crippen LogP contribution in [0.25, 0.3) is 0 Å². The minimum absolute atomic E-state index is 0.0366. The maximum absolute atomic E-state index is 10.4. The molecule has 2 atom stereocenters. The van der Waals surface area contributed by atoms with Gasteiger partial charge in [0.15, 0.2) is 11.5 Å². The van der Waals surface area contributed by atoms with E-state index in [1.54, 1.807) is 49.6 Å². The van der Waals surface area contributed by atoms with Crippen LogP contribution in [0.4, 0.5) is 0 Å². The molecular formula is C22H25IO6. The van der Waals surface area contributed by atoms with Gasteiger partial charge in [-0.15, -0.1) is 5.73 Å². The van der Waals surface area contributed by atoms with Crippen molar-refractivity contribution in [3.8, 4) is 17.2 Å². The Kier molecular flexibility index (Phi) is 9.00. The molecule has 0 amide bonds. The molecule has 4 N–H and O–H groups in total. The summed E-state index contributed by atoms with van der Waals surface area (Å²) in [5, 5.41) is 40.2. The Balaban J connectivity index is 2.07. The molecule has 0 heterocycles. The summed E-state index contributed by atoms with van der Waals surface area (Å²) in [7, 11) is 3.03. The van der Waals surface area contributed by atoms with E-state index < -0.39 is 12.2 Å². The molecule has 2 aromatic rings. The number of phenolic OH excluding ortho intramolecular Hbond substituents is 1. The lowest BCUT2D eigenvalue weighted by Crippen LogP contribution is -2.02. The van der Waals surface area contributed by atoms with E-state index in [4.69, 9.17) is 9.47 Å². The number of aliphatic hydroxyl groups excluding tert-OH is 3. The van der Waals surface area contributed by atoms with Crippen molar-refractivity contribution in [3.05, 3.63) is 68.5 Å². The smallest absolute Gasteiger partial charge is 0.171 e. The van der Waals surface area contributed by atoms with Gasteiger partial charge in [0.25, 0.3) is 0 Å². The van der Waals surface area contributed by atoms with Gasteiger partial charge in [-0.25, -0.2) is 0 Å². The fourth-order valence-corrected chi connectivity index (χ4v) is 3.36. The first-order valence-electron chi connectivity index (χ1n) is 8.99. The predicted molar refractivity (Wildman–Crippen MR) is 118 cm³/mol. The van der Waals surface area contributed by atoms with Crippen LogP contribution in [-0.2, 0) is 0 Å². The van der Waals surface area contributed by atoms with Crippen molar-refractivity contribution < 1.29 is 29.9 Å². The number of hydrogen-bond donors (Lipinski definition) is 4. The second-order valence-electron chi connectivity index (χ2n) is 6.41. The lowest BCUT2D eigenvalue weighted by molar-refractivity contribution is 0.172. The summed E-state index contributed by atoms with van der Waals surface area (Å²) in [5.74, 6) is 1.03. The molecular weight excluding hydrogens is 487 g/mol. The number of aromatic hydroxyl groups is 1. The third kappa shape index (κ3) is 6.48. The van der Waals surface area contributed by atoms with E-state index in [1.807, 2.05) is 22.6 Å². The Hall–Kier alpha value is -2.03. The second-order valence-corrected chi connectivity index (χ2v) is 7.57. The number of halogens is 1. The third-order valence-electron chi connectivity index (χ3n) is 4.43. The van der Waals surface area contributed by atoms with Crippen molar-refractivity contribution in [2.24, 2.45) is 0 Å². The molecule has 2 aromatic carbocycles. The van der Waals surface area contributed by atoms with Gasteiger partial charge in [0, 0.05) is 12.8 Å². The number of rotatable bonds is 9. The van der Waals surface area contributed by atoms with Gasteiger partial charge in [0.05, 0.1) is 36.6 Å². The highest BCUT2D eigenvalue weighted by atomic mass is 127. The topological polar surface area (TPSA) is 99.4 Å². The SMILES string of the molecule is COc1ccc([C@H](O)CC(=C=CC[C@@H](O)c2cc(I)c(O)c(OC)c2)CO)cc1. The van der Waals surface area contributed by atoms with Crippen LogP contribution in [0.5, 0.6) is 17.2 Å². The summed E-state index contributed by atoms with van der Waals surface area (Å²) in [4.78, 5) is 0. The lowest BCUT2D eigenvalue weighted by Gasteiger charge is -2.13. The molecule has 0 saturated heterocycles. The van der Waals surface area contributed by atoms with Gasteiger partial charge in [-0.05, 0) is 69.6 Å². The molecule has 0 spiro atoms. The maximum atomic E-state index is 10.4. The molecule has 0 fully saturated rings. The predicted octanol–water partition coefficient (Wildman–Crippen LogP) is 3.64. The molecule has 0 aromatic heterocycles. The van der Waals surface area contributed by atoms with Crippen LogP contribution in [0.3, 0.4) is 0 Å². The molecule has 0 radical (unpaired) electrons. The molecule has 7 heteroatoms. The summed E-state index contributed by atoms with van der Waals surface area (Å²) in [6, 6.07) is 10.3. The minimum Gasteiger partial charge on any atom is -0.504 e. The summed E-state index contributed by atoms with van der Waals surface area (Å²) in [6.07, 6.45) is 0.504. The molecule has 0 saturated carbocycles. The number of hydrogen-bond acceptors (Lipinski definition) is 6. The normalized spacial score (nSPS) is 12.6. The van der Waals surface area contributed by atoms with Crippen LogP contribution in [0.1, 0.15) is 36.2 Å². The van der Waals surface area contributed by atoms with E-state index in [1.165, 1.54) is 7.11 Å². The van der Waals surface area contributed by atoms with Gasteiger partial charge in [0.1, 0.15) is 5.75 Å². The Morgan fingerprint density at radius 2 is 1.76 bits per heavy atom. The average molecular weight is 512 g/mol. The number of methoxy groups -OCH3 is 2. The van der Waals surface area contributed by atoms with E-state index in [2.05, 4.69) is 5.73 Å². The molecule has 2 rings (SSSR count). The van der Waals surface area contributed by atoms with Gasteiger partial charge < -0.3 is 29.9 Å². The van der Waals surface area contributed by atoms with Crippen molar-refractivity contribution >= 4 is 22.6 Å². The van der Waals surface area contributed by atoms with E-state index in [9.17, 15) is 20.4 Å². The summed E-state index contributed by atoms with van der Waals surface area (Å²) >= 11 is 1.97. The molecule has 0 bridgehead atoms. The zero-order valence-corrected chi connectivity index (χ0v) is 18.5. The first-order valence-corrected chi connectivity index (χ1v) is 10.1. The van der Waals surface area contributed by atoms with Crippen molar-refractivity contribution in [1.29, 1.82) is 0 Å². The first kappa shape index (κ1) is 23.3. The molecule has 6 nitrogen and oxygen atoms in total. The third-order valence-corrected chi connectivity index (χ3v) is 5.26. The van der Waals surface area contributed by atoms with Gasteiger partial charge >= 0.3 is 0 Å². The van der Waals surface area contributed by atoms with Crippen LogP contribution in [0.2, 0.25) is 0 Å². The largest absolute Gasteiger partial charge is 0.504 e. The Labute approximate surface area is 183 Å². The van der Waals surface area contributed by atoms with Gasteiger partial charge in [0.2, 0.25) is 0 Å². The van der Waals surface area contributed by atoms with E-state index >= 15 is 0 Å². The van der Waals surface area contributed by atoms with Crippen LogP contribution in [0.15, 0.2) is 53.8 Å². The summed E-state index contributed by atoms with van der Waals surface area (Å²) in [5.41, 5.74) is 4.80. The van der Waals surface area contributed by atoms with Crippen LogP contribution >= 0.6 is 22.6 Å². The minimum atomic E-state index is -0.822.